The minimum absolute atomic E-state index is 0.0167. The number of rotatable bonds is 7. The van der Waals surface area contributed by atoms with Crippen LogP contribution in [0, 0.1) is 5.41 Å². The molecule has 9 heteroatoms. The van der Waals surface area contributed by atoms with Crippen molar-refractivity contribution in [2.24, 2.45) is 5.41 Å². The first-order valence-electron chi connectivity index (χ1n) is 11.4. The van der Waals surface area contributed by atoms with E-state index < -0.39 is 11.9 Å². The number of fused-ring (bicyclic) bond motifs is 1. The maximum absolute atomic E-state index is 12.9. The Labute approximate surface area is 192 Å². The molecule has 33 heavy (non-hydrogen) atoms. The lowest BCUT2D eigenvalue weighted by Gasteiger charge is -2.36. The molecule has 2 aliphatic heterocycles. The molecule has 1 amide bonds. The lowest BCUT2D eigenvalue weighted by atomic mass is 9.75. The molecule has 2 aromatic rings. The summed E-state index contributed by atoms with van der Waals surface area (Å²) in [5.41, 5.74) is 2.73. The van der Waals surface area contributed by atoms with Crippen molar-refractivity contribution in [2.75, 3.05) is 26.4 Å². The Morgan fingerprint density at radius 1 is 1.27 bits per heavy atom. The minimum atomic E-state index is -1.09. The van der Waals surface area contributed by atoms with Crippen LogP contribution in [0.25, 0.3) is 0 Å². The number of carboxylic acids is 1. The van der Waals surface area contributed by atoms with Gasteiger partial charge in [-0.05, 0) is 62.6 Å². The number of benzene rings is 1. The van der Waals surface area contributed by atoms with E-state index in [0.29, 0.717) is 44.8 Å². The standard InChI is InChI=1S/C24H29N3O6/c1-2-27-20-18(14-24(15-25-21(20)28)8-11-32-12-9-24)19(26-27)7-4-10-33-23(31)17-6-3-5-16(13-17)22(29)30/h3,5-6,13H,2,4,7-12,14-15H2,1H3,(H,25,28)(H,29,30). The molecule has 0 aliphatic carbocycles. The van der Waals surface area contributed by atoms with Gasteiger partial charge in [0.2, 0.25) is 0 Å². The Hall–Kier alpha value is -3.20. The zero-order chi connectivity index (χ0) is 23.4. The zero-order valence-corrected chi connectivity index (χ0v) is 18.8. The highest BCUT2D eigenvalue weighted by Gasteiger charge is 2.39. The second-order valence-electron chi connectivity index (χ2n) is 8.69. The molecule has 176 valence electrons. The highest BCUT2D eigenvalue weighted by Crippen LogP contribution is 2.37. The van der Waals surface area contributed by atoms with Crippen LogP contribution >= 0.6 is 0 Å². The molecule has 0 atom stereocenters. The van der Waals surface area contributed by atoms with Crippen LogP contribution in [0.15, 0.2) is 24.3 Å². The maximum atomic E-state index is 12.9. The number of carboxylic acid groups (broad SMARTS) is 1. The Kier molecular flexibility index (Phi) is 6.78. The summed E-state index contributed by atoms with van der Waals surface area (Å²) in [7, 11) is 0. The fraction of sp³-hybridized carbons (Fsp3) is 0.500. The van der Waals surface area contributed by atoms with Gasteiger partial charge in [-0.3, -0.25) is 9.48 Å². The number of hydrogen-bond acceptors (Lipinski definition) is 6. The second-order valence-corrected chi connectivity index (χ2v) is 8.69. The van der Waals surface area contributed by atoms with Gasteiger partial charge in [0.05, 0.1) is 23.4 Å². The molecular weight excluding hydrogens is 426 g/mol. The van der Waals surface area contributed by atoms with Gasteiger partial charge in [0.1, 0.15) is 5.69 Å². The smallest absolute Gasteiger partial charge is 0.338 e. The molecule has 1 fully saturated rings. The van der Waals surface area contributed by atoms with Crippen LogP contribution in [0.5, 0.6) is 0 Å². The first kappa shape index (κ1) is 23.0. The number of amides is 1. The second kappa shape index (κ2) is 9.74. The molecule has 1 spiro atoms. The molecule has 9 nitrogen and oxygen atoms in total. The number of ether oxygens (including phenoxy) is 2. The summed E-state index contributed by atoms with van der Waals surface area (Å²) >= 11 is 0. The molecule has 2 N–H and O–H groups in total. The molecule has 4 rings (SSSR count). The number of carbonyl (C=O) groups excluding carboxylic acids is 2. The van der Waals surface area contributed by atoms with Crippen molar-refractivity contribution in [1.82, 2.24) is 15.1 Å². The third-order valence-corrected chi connectivity index (χ3v) is 6.51. The summed E-state index contributed by atoms with van der Waals surface area (Å²) < 4.78 is 12.7. The van der Waals surface area contributed by atoms with Crippen LogP contribution in [-0.2, 0) is 28.9 Å². The Bertz CT molecular complexity index is 1050. The monoisotopic (exact) mass is 455 g/mol. The summed E-state index contributed by atoms with van der Waals surface area (Å²) in [6.07, 6.45) is 3.71. The number of esters is 1. The normalized spacial score (nSPS) is 17.2. The molecule has 1 aromatic carbocycles. The highest BCUT2D eigenvalue weighted by molar-refractivity contribution is 5.95. The molecular formula is C24H29N3O6. The van der Waals surface area contributed by atoms with E-state index in [4.69, 9.17) is 19.7 Å². The van der Waals surface area contributed by atoms with E-state index in [-0.39, 0.29) is 29.1 Å². The number of aromatic nitrogens is 2. The largest absolute Gasteiger partial charge is 0.478 e. The van der Waals surface area contributed by atoms with Gasteiger partial charge in [0.15, 0.2) is 0 Å². The topological polar surface area (TPSA) is 120 Å². The van der Waals surface area contributed by atoms with Crippen LogP contribution in [-0.4, -0.2) is 59.1 Å². The van der Waals surface area contributed by atoms with Crippen LogP contribution in [0.4, 0.5) is 0 Å². The lowest BCUT2D eigenvalue weighted by molar-refractivity contribution is 0.0160. The third-order valence-electron chi connectivity index (χ3n) is 6.51. The van der Waals surface area contributed by atoms with E-state index in [9.17, 15) is 14.4 Å². The van der Waals surface area contributed by atoms with Gasteiger partial charge in [-0.25, -0.2) is 9.59 Å². The molecule has 0 bridgehead atoms. The maximum Gasteiger partial charge on any atom is 0.338 e. The number of aryl methyl sites for hydroxylation is 2. The van der Waals surface area contributed by atoms with Crippen LogP contribution in [0.1, 0.15) is 68.6 Å². The van der Waals surface area contributed by atoms with Crippen LogP contribution < -0.4 is 5.32 Å². The van der Waals surface area contributed by atoms with Crippen molar-refractivity contribution in [3.63, 3.8) is 0 Å². The van der Waals surface area contributed by atoms with Gasteiger partial charge in [-0.15, -0.1) is 0 Å². The number of nitrogens with one attached hydrogen (secondary N) is 1. The van der Waals surface area contributed by atoms with E-state index in [1.165, 1.54) is 24.3 Å². The predicted molar refractivity (Wildman–Crippen MR) is 118 cm³/mol. The van der Waals surface area contributed by atoms with Crippen molar-refractivity contribution in [2.45, 2.75) is 45.6 Å². The summed E-state index contributed by atoms with van der Waals surface area (Å²) in [6, 6.07) is 5.78. The average molecular weight is 456 g/mol. The van der Waals surface area contributed by atoms with Crippen molar-refractivity contribution in [3.8, 4) is 0 Å². The number of carbonyl (C=O) groups is 3. The molecule has 3 heterocycles. The molecule has 0 unspecified atom stereocenters. The van der Waals surface area contributed by atoms with Crippen LogP contribution in [0.3, 0.4) is 0 Å². The average Bonchev–Trinajstić information content (AvgIpc) is 3.10. The van der Waals surface area contributed by atoms with Gasteiger partial charge in [-0.1, -0.05) is 6.07 Å². The minimum Gasteiger partial charge on any atom is -0.478 e. The Balaban J connectivity index is 1.44. The van der Waals surface area contributed by atoms with Gasteiger partial charge in [-0.2, -0.15) is 5.10 Å². The van der Waals surface area contributed by atoms with Gasteiger partial charge in [0, 0.05) is 31.9 Å². The van der Waals surface area contributed by atoms with Crippen LogP contribution in [0.2, 0.25) is 0 Å². The third kappa shape index (κ3) is 4.93. The Morgan fingerprint density at radius 2 is 2.03 bits per heavy atom. The molecule has 1 saturated heterocycles. The molecule has 0 radical (unpaired) electrons. The van der Waals surface area contributed by atoms with Gasteiger partial charge >= 0.3 is 11.9 Å². The summed E-state index contributed by atoms with van der Waals surface area (Å²) in [5, 5.41) is 16.9. The van der Waals surface area contributed by atoms with Crippen molar-refractivity contribution in [3.05, 3.63) is 52.3 Å². The van der Waals surface area contributed by atoms with Crippen molar-refractivity contribution >= 4 is 17.8 Å². The first-order chi connectivity index (χ1) is 15.9. The van der Waals surface area contributed by atoms with Crippen molar-refractivity contribution in [1.29, 1.82) is 0 Å². The van der Waals surface area contributed by atoms with Crippen molar-refractivity contribution < 1.29 is 29.0 Å². The molecule has 0 saturated carbocycles. The Morgan fingerprint density at radius 3 is 2.76 bits per heavy atom. The van der Waals surface area contributed by atoms with Gasteiger partial charge in [0.25, 0.3) is 5.91 Å². The number of nitrogens with zero attached hydrogens (tertiary/aromatic N) is 2. The van der Waals surface area contributed by atoms with E-state index in [2.05, 4.69) is 5.32 Å². The first-order valence-corrected chi connectivity index (χ1v) is 11.4. The molecule has 1 aromatic heterocycles. The summed E-state index contributed by atoms with van der Waals surface area (Å²) in [6.45, 7) is 4.77. The number of aromatic carboxylic acids is 1. The van der Waals surface area contributed by atoms with E-state index >= 15 is 0 Å². The lowest BCUT2D eigenvalue weighted by Crippen LogP contribution is -2.40. The predicted octanol–water partition coefficient (Wildman–Crippen LogP) is 2.47. The van der Waals surface area contributed by atoms with E-state index in [1.54, 1.807) is 4.68 Å². The summed E-state index contributed by atoms with van der Waals surface area (Å²) in [4.78, 5) is 36.3. The fourth-order valence-corrected chi connectivity index (χ4v) is 4.63. The SMILES string of the molecule is CCn1nc(CCCOC(=O)c2cccc(C(=O)O)c2)c2c1C(=O)NCC1(CCOCC1)C2. The quantitative estimate of drug-likeness (QED) is 0.486. The summed E-state index contributed by atoms with van der Waals surface area (Å²) in [5.74, 6) is -1.74. The van der Waals surface area contributed by atoms with Gasteiger partial charge < -0.3 is 19.9 Å². The molecule has 2 aliphatic rings. The van der Waals surface area contributed by atoms with E-state index in [0.717, 1.165) is 30.5 Å². The zero-order valence-electron chi connectivity index (χ0n) is 18.8. The van der Waals surface area contributed by atoms with E-state index in [1.807, 2.05) is 6.92 Å². The fourth-order valence-electron chi connectivity index (χ4n) is 4.63. The highest BCUT2D eigenvalue weighted by atomic mass is 16.5. The number of hydrogen-bond donors (Lipinski definition) is 2.